The molecule has 0 bridgehead atoms. The standard InChI is InChI=1S/C17H12BrFN2O4/c18-11-8-21-13(7-12(11)19)20-15(17(24)25)16(21)10(6-14(22)23)9-4-2-1-3-5-9/h1-5,7-8,10H,6H2,(H,22,23)(H,24,25). The van der Waals surface area contributed by atoms with Crippen LogP contribution in [-0.2, 0) is 4.79 Å². The lowest BCUT2D eigenvalue weighted by Gasteiger charge is -2.16. The van der Waals surface area contributed by atoms with Crippen molar-refractivity contribution in [3.8, 4) is 0 Å². The Morgan fingerprint density at radius 3 is 2.52 bits per heavy atom. The highest BCUT2D eigenvalue weighted by molar-refractivity contribution is 9.10. The van der Waals surface area contributed by atoms with Crippen molar-refractivity contribution in [3.63, 3.8) is 0 Å². The number of aromatic carboxylic acids is 1. The molecule has 0 saturated carbocycles. The summed E-state index contributed by atoms with van der Waals surface area (Å²) in [6.07, 6.45) is 1.03. The molecule has 1 unspecified atom stereocenters. The highest BCUT2D eigenvalue weighted by Gasteiger charge is 2.29. The van der Waals surface area contributed by atoms with Crippen molar-refractivity contribution in [1.29, 1.82) is 0 Å². The van der Waals surface area contributed by atoms with Crippen molar-refractivity contribution in [3.05, 3.63) is 69.8 Å². The van der Waals surface area contributed by atoms with E-state index in [0.29, 0.717) is 5.56 Å². The Labute approximate surface area is 149 Å². The Kier molecular flexibility index (Phi) is 4.54. The minimum Gasteiger partial charge on any atom is -0.481 e. The molecule has 8 heteroatoms. The van der Waals surface area contributed by atoms with Gasteiger partial charge in [0.15, 0.2) is 5.69 Å². The van der Waals surface area contributed by atoms with Crippen LogP contribution in [0.15, 0.2) is 47.1 Å². The summed E-state index contributed by atoms with van der Waals surface area (Å²) in [5.41, 5.74) is 0.624. The van der Waals surface area contributed by atoms with E-state index in [9.17, 15) is 24.2 Å². The van der Waals surface area contributed by atoms with E-state index < -0.39 is 23.7 Å². The number of aromatic nitrogens is 2. The van der Waals surface area contributed by atoms with E-state index in [1.54, 1.807) is 30.3 Å². The predicted molar refractivity (Wildman–Crippen MR) is 90.3 cm³/mol. The summed E-state index contributed by atoms with van der Waals surface area (Å²) in [5, 5.41) is 18.8. The van der Waals surface area contributed by atoms with Crippen LogP contribution in [0.25, 0.3) is 5.65 Å². The Morgan fingerprint density at radius 1 is 1.24 bits per heavy atom. The fourth-order valence-electron chi connectivity index (χ4n) is 2.78. The van der Waals surface area contributed by atoms with Gasteiger partial charge in [0.25, 0.3) is 0 Å². The number of benzene rings is 1. The first-order valence-corrected chi connectivity index (χ1v) is 8.04. The first kappa shape index (κ1) is 17.1. The van der Waals surface area contributed by atoms with E-state index in [2.05, 4.69) is 20.9 Å². The molecule has 2 N–H and O–H groups in total. The van der Waals surface area contributed by atoms with Gasteiger partial charge in [-0.2, -0.15) is 0 Å². The Hall–Kier alpha value is -2.74. The average molecular weight is 407 g/mol. The van der Waals surface area contributed by atoms with Crippen molar-refractivity contribution in [1.82, 2.24) is 9.38 Å². The quantitative estimate of drug-likeness (QED) is 0.675. The zero-order valence-corrected chi connectivity index (χ0v) is 14.3. The topological polar surface area (TPSA) is 91.9 Å². The van der Waals surface area contributed by atoms with E-state index >= 15 is 0 Å². The molecule has 0 aliphatic heterocycles. The summed E-state index contributed by atoms with van der Waals surface area (Å²) < 4.78 is 15.3. The van der Waals surface area contributed by atoms with Gasteiger partial charge in [-0.15, -0.1) is 0 Å². The number of fused-ring (bicyclic) bond motifs is 1. The Balaban J connectivity index is 2.32. The van der Waals surface area contributed by atoms with Crippen LogP contribution in [0.1, 0.15) is 34.1 Å². The lowest BCUT2D eigenvalue weighted by Crippen LogP contribution is -2.14. The second-order valence-electron chi connectivity index (χ2n) is 5.41. The number of carboxylic acids is 2. The van der Waals surface area contributed by atoms with Gasteiger partial charge in [0.05, 0.1) is 16.6 Å². The van der Waals surface area contributed by atoms with Gasteiger partial charge >= 0.3 is 11.9 Å². The SMILES string of the molecule is O=C(O)CC(c1ccccc1)c1c(C(=O)O)nc2cc(F)c(Br)cn12. The molecular weight excluding hydrogens is 395 g/mol. The van der Waals surface area contributed by atoms with Crippen molar-refractivity contribution in [2.75, 3.05) is 0 Å². The molecule has 1 aromatic carbocycles. The normalized spacial score (nSPS) is 12.2. The largest absolute Gasteiger partial charge is 0.481 e. The van der Waals surface area contributed by atoms with Crippen LogP contribution >= 0.6 is 15.9 Å². The summed E-state index contributed by atoms with van der Waals surface area (Å²) in [6.45, 7) is 0. The van der Waals surface area contributed by atoms with Crippen LogP contribution in [0.4, 0.5) is 4.39 Å². The molecule has 0 aliphatic carbocycles. The summed E-state index contributed by atoms with van der Waals surface area (Å²) in [7, 11) is 0. The fourth-order valence-corrected chi connectivity index (χ4v) is 3.10. The molecule has 0 amide bonds. The van der Waals surface area contributed by atoms with Crippen LogP contribution in [0, 0.1) is 5.82 Å². The zero-order valence-electron chi connectivity index (χ0n) is 12.7. The molecule has 6 nitrogen and oxygen atoms in total. The predicted octanol–water partition coefficient (Wildman–Crippen LogP) is 3.54. The number of nitrogens with zero attached hydrogens (tertiary/aromatic N) is 2. The average Bonchev–Trinajstić information content (AvgIpc) is 2.92. The van der Waals surface area contributed by atoms with Gasteiger partial charge in [0.2, 0.25) is 0 Å². The third-order valence-electron chi connectivity index (χ3n) is 3.82. The number of carbonyl (C=O) groups is 2. The van der Waals surface area contributed by atoms with Gasteiger partial charge < -0.3 is 14.6 Å². The Bertz CT molecular complexity index is 972. The lowest BCUT2D eigenvalue weighted by molar-refractivity contribution is -0.137. The van der Waals surface area contributed by atoms with Crippen LogP contribution < -0.4 is 0 Å². The van der Waals surface area contributed by atoms with Crippen LogP contribution in [0.3, 0.4) is 0 Å². The molecule has 1 atom stereocenters. The van der Waals surface area contributed by atoms with Crippen molar-refractivity contribution >= 4 is 33.5 Å². The molecule has 3 aromatic rings. The molecule has 0 spiro atoms. The number of carboxylic acid groups (broad SMARTS) is 2. The molecule has 3 rings (SSSR count). The number of pyridine rings is 1. The number of halogens is 2. The molecule has 2 heterocycles. The molecule has 0 fully saturated rings. The van der Waals surface area contributed by atoms with Crippen LogP contribution in [0.2, 0.25) is 0 Å². The maximum Gasteiger partial charge on any atom is 0.356 e. The zero-order chi connectivity index (χ0) is 18.1. The van der Waals surface area contributed by atoms with Crippen LogP contribution in [0.5, 0.6) is 0 Å². The molecule has 0 radical (unpaired) electrons. The van der Waals surface area contributed by atoms with Crippen molar-refractivity contribution in [2.45, 2.75) is 12.3 Å². The maximum absolute atomic E-state index is 13.8. The van der Waals surface area contributed by atoms with E-state index in [4.69, 9.17) is 0 Å². The van der Waals surface area contributed by atoms with Gasteiger partial charge in [0, 0.05) is 18.2 Å². The first-order valence-electron chi connectivity index (χ1n) is 7.25. The summed E-state index contributed by atoms with van der Waals surface area (Å²) >= 11 is 3.07. The highest BCUT2D eigenvalue weighted by atomic mass is 79.9. The molecule has 0 saturated heterocycles. The van der Waals surface area contributed by atoms with Crippen LogP contribution in [-0.4, -0.2) is 31.5 Å². The van der Waals surface area contributed by atoms with Gasteiger partial charge in [0.1, 0.15) is 11.5 Å². The number of hydrogen-bond donors (Lipinski definition) is 2. The van der Waals surface area contributed by atoms with E-state index in [1.807, 2.05) is 0 Å². The molecule has 0 aliphatic rings. The third kappa shape index (κ3) is 3.25. The summed E-state index contributed by atoms with van der Waals surface area (Å²) in [5.74, 6) is -3.73. The first-order chi connectivity index (χ1) is 11.9. The van der Waals surface area contributed by atoms with E-state index in [1.165, 1.54) is 10.6 Å². The van der Waals surface area contributed by atoms with Gasteiger partial charge in [-0.1, -0.05) is 30.3 Å². The number of imidazole rings is 1. The van der Waals surface area contributed by atoms with E-state index in [-0.39, 0.29) is 27.9 Å². The molecule has 128 valence electrons. The second-order valence-corrected chi connectivity index (χ2v) is 6.26. The molecular formula is C17H12BrFN2O4. The minimum absolute atomic E-state index is 0.0967. The maximum atomic E-state index is 13.8. The second kappa shape index (κ2) is 6.64. The summed E-state index contributed by atoms with van der Waals surface area (Å²) in [4.78, 5) is 27.0. The smallest absolute Gasteiger partial charge is 0.356 e. The minimum atomic E-state index is -1.30. The van der Waals surface area contributed by atoms with E-state index in [0.717, 1.165) is 6.07 Å². The third-order valence-corrected chi connectivity index (χ3v) is 4.40. The number of aliphatic carboxylic acids is 1. The van der Waals surface area contributed by atoms with Crippen molar-refractivity contribution in [2.24, 2.45) is 0 Å². The number of rotatable bonds is 5. The fraction of sp³-hybridized carbons (Fsp3) is 0.118. The van der Waals surface area contributed by atoms with Gasteiger partial charge in [-0.05, 0) is 21.5 Å². The monoisotopic (exact) mass is 406 g/mol. The van der Waals surface area contributed by atoms with Gasteiger partial charge in [-0.25, -0.2) is 14.2 Å². The van der Waals surface area contributed by atoms with Crippen molar-refractivity contribution < 1.29 is 24.2 Å². The molecule has 2 aromatic heterocycles. The number of hydrogen-bond acceptors (Lipinski definition) is 3. The Morgan fingerprint density at radius 2 is 1.92 bits per heavy atom. The lowest BCUT2D eigenvalue weighted by atomic mass is 9.91. The van der Waals surface area contributed by atoms with Gasteiger partial charge in [-0.3, -0.25) is 4.79 Å². The molecule has 25 heavy (non-hydrogen) atoms. The summed E-state index contributed by atoms with van der Waals surface area (Å²) in [6, 6.07) is 9.80. The highest BCUT2D eigenvalue weighted by Crippen LogP contribution is 2.32.